The average Bonchev–Trinajstić information content (AvgIpc) is 4.00. The highest BCUT2D eigenvalue weighted by atomic mass is 16.7. The number of benzene rings is 3. The summed E-state index contributed by atoms with van der Waals surface area (Å²) in [7, 11) is 0. The lowest BCUT2D eigenvalue weighted by atomic mass is 9.55. The van der Waals surface area contributed by atoms with E-state index in [2.05, 4.69) is 12.7 Å². The van der Waals surface area contributed by atoms with E-state index in [4.69, 9.17) is 28.9 Å². The van der Waals surface area contributed by atoms with E-state index in [1.54, 1.807) is 36.4 Å². The Balaban J connectivity index is 1.30. The molecule has 318 valence electrons. The Morgan fingerprint density at radius 1 is 0.967 bits per heavy atom. The fourth-order valence-corrected chi connectivity index (χ4v) is 9.70. The number of phenolic OH excluding ortho intramolecular Hbond substituents is 1. The molecule has 2 aliphatic heterocycles. The van der Waals surface area contributed by atoms with Crippen molar-refractivity contribution in [3.63, 3.8) is 0 Å². The fraction of sp³-hybridized carbons (Fsp3) is 0.478. The first-order valence-corrected chi connectivity index (χ1v) is 21.1. The second kappa shape index (κ2) is 18.0. The van der Waals surface area contributed by atoms with Crippen LogP contribution in [0.4, 0.5) is 5.69 Å². The molecule has 5 aliphatic rings. The number of nitro groups is 1. The minimum atomic E-state index is -1.45. The van der Waals surface area contributed by atoms with Crippen LogP contribution in [-0.4, -0.2) is 75.2 Å². The van der Waals surface area contributed by atoms with Gasteiger partial charge in [0, 0.05) is 55.7 Å². The molecule has 0 unspecified atom stereocenters. The molecule has 60 heavy (non-hydrogen) atoms. The number of phenols is 1. The summed E-state index contributed by atoms with van der Waals surface area (Å²) >= 11 is 0. The molecule has 0 aromatic heterocycles. The van der Waals surface area contributed by atoms with Crippen molar-refractivity contribution in [1.29, 1.82) is 0 Å². The molecule has 3 N–H and O–H groups in total. The molecule has 2 fully saturated rings. The predicted octanol–water partition coefficient (Wildman–Crippen LogP) is 7.30. The number of aliphatic hydroxyl groups excluding tert-OH is 2. The number of carbonyl (C=O) groups is 1. The Morgan fingerprint density at radius 2 is 1.70 bits per heavy atom. The highest BCUT2D eigenvalue weighted by Crippen LogP contribution is 2.62. The number of ether oxygens (including phenoxy) is 4. The van der Waals surface area contributed by atoms with E-state index >= 15 is 0 Å². The number of fused-ring (bicyclic) bond motifs is 3. The minimum Gasteiger partial charge on any atom is -0.508 e. The third kappa shape index (κ3) is 8.32. The van der Waals surface area contributed by atoms with Gasteiger partial charge in [0.2, 0.25) is 18.5 Å². The van der Waals surface area contributed by atoms with Gasteiger partial charge in [0.25, 0.3) is 5.69 Å². The molecule has 2 heterocycles. The Morgan fingerprint density at radius 3 is 2.43 bits per heavy atom. The largest absolute Gasteiger partial charge is 0.508 e. The summed E-state index contributed by atoms with van der Waals surface area (Å²) in [6.07, 6.45) is 10.1. The first kappa shape index (κ1) is 41.3. The standard InChI is InChI=1S/C46H53N3O11/c1-2-21-58-46-42(48(45(53)31-12-13-31)26-30-11-17-40-41(22-30)57-28-56-40)25-38(47-59-27-29-9-14-33(15-10-29)49(54)55)36-23-32(7-3-5-19-50)35(8-4-6-20-51)43(44(36)46)37-24-34(52)16-18-39(37)60-46/h2,9-11,14-18,22-24,31-32,35,42-44,50-52H,1,3-8,12-13,19-21,25-28H2/t32-,35+,42-,43+,44+,46+/m0/s1. The molecule has 6 atom stereocenters. The first-order valence-electron chi connectivity index (χ1n) is 21.1. The molecule has 0 radical (unpaired) electrons. The monoisotopic (exact) mass is 823 g/mol. The molecular weight excluding hydrogens is 771 g/mol. The second-order valence-electron chi connectivity index (χ2n) is 16.4. The van der Waals surface area contributed by atoms with Gasteiger partial charge in [-0.2, -0.15) is 0 Å². The molecule has 0 saturated heterocycles. The van der Waals surface area contributed by atoms with Gasteiger partial charge >= 0.3 is 0 Å². The molecule has 1 amide bonds. The van der Waals surface area contributed by atoms with Crippen LogP contribution in [-0.2, 0) is 27.5 Å². The quantitative estimate of drug-likeness (QED) is 0.0477. The maximum Gasteiger partial charge on any atom is 0.269 e. The van der Waals surface area contributed by atoms with Gasteiger partial charge in [-0.1, -0.05) is 36.2 Å². The van der Waals surface area contributed by atoms with Crippen molar-refractivity contribution in [2.24, 2.45) is 28.8 Å². The highest BCUT2D eigenvalue weighted by molar-refractivity contribution is 6.03. The van der Waals surface area contributed by atoms with Gasteiger partial charge in [0.1, 0.15) is 24.1 Å². The second-order valence-corrected chi connectivity index (χ2v) is 16.4. The first-order chi connectivity index (χ1) is 29.2. The number of nitrogens with zero attached hydrogens (tertiary/aromatic N) is 3. The third-order valence-electron chi connectivity index (χ3n) is 12.6. The lowest BCUT2D eigenvalue weighted by Crippen LogP contribution is -2.70. The van der Waals surface area contributed by atoms with Gasteiger partial charge in [-0.05, 0) is 110 Å². The van der Waals surface area contributed by atoms with Gasteiger partial charge in [-0.15, -0.1) is 6.58 Å². The summed E-state index contributed by atoms with van der Waals surface area (Å²) in [5, 5.41) is 46.9. The summed E-state index contributed by atoms with van der Waals surface area (Å²) < 4.78 is 25.7. The average molecular weight is 824 g/mol. The Bertz CT molecular complexity index is 2120. The summed E-state index contributed by atoms with van der Waals surface area (Å²) in [6, 6.07) is 16.3. The zero-order chi connectivity index (χ0) is 41.8. The number of non-ortho nitro benzene ring substituents is 1. The number of carbonyl (C=O) groups excluding carboxylic acids is 1. The SMILES string of the molecule is C=CCO[C@@]12Oc3ccc(O)cc3[C@H]3[C@H](CCCCO)[C@@H](CCCCO)C=C(C(=NOCc4ccc([N+](=O)[O-])cc4)C[C@@H]1N(Cc1ccc4c(c1)OCO4)C(=O)C1CC1)[C@H]32. The van der Waals surface area contributed by atoms with Crippen molar-refractivity contribution in [1.82, 2.24) is 4.90 Å². The van der Waals surface area contributed by atoms with Crippen molar-refractivity contribution in [2.75, 3.05) is 26.6 Å². The number of hydrogen-bond donors (Lipinski definition) is 3. The summed E-state index contributed by atoms with van der Waals surface area (Å²) in [4.78, 5) is 33.7. The Kier molecular flexibility index (Phi) is 12.4. The number of rotatable bonds is 19. The van der Waals surface area contributed by atoms with Crippen LogP contribution in [0.15, 0.2) is 90.1 Å². The molecule has 3 aromatic rings. The summed E-state index contributed by atoms with van der Waals surface area (Å²) in [5.74, 6) is -0.532. The fourth-order valence-electron chi connectivity index (χ4n) is 9.70. The van der Waals surface area contributed by atoms with Crippen molar-refractivity contribution in [3.8, 4) is 23.0 Å². The maximum atomic E-state index is 14.8. The van der Waals surface area contributed by atoms with Gasteiger partial charge < -0.3 is 44.0 Å². The number of aromatic hydroxyl groups is 1. The van der Waals surface area contributed by atoms with Crippen molar-refractivity contribution in [3.05, 3.63) is 112 Å². The Hall–Kier alpha value is -5.44. The van der Waals surface area contributed by atoms with Crippen molar-refractivity contribution in [2.45, 2.75) is 88.7 Å². The normalized spacial score (nSPS) is 25.4. The van der Waals surface area contributed by atoms with E-state index in [-0.39, 0.29) is 87.2 Å². The molecule has 3 aromatic carbocycles. The smallest absolute Gasteiger partial charge is 0.269 e. The zero-order valence-corrected chi connectivity index (χ0v) is 33.7. The number of aliphatic hydroxyl groups is 2. The van der Waals surface area contributed by atoms with E-state index in [1.807, 2.05) is 23.1 Å². The van der Waals surface area contributed by atoms with Gasteiger partial charge in [0.15, 0.2) is 11.5 Å². The third-order valence-corrected chi connectivity index (χ3v) is 12.6. The molecule has 2 saturated carbocycles. The highest BCUT2D eigenvalue weighted by Gasteiger charge is 2.66. The molecule has 0 spiro atoms. The molecule has 3 aliphatic carbocycles. The van der Waals surface area contributed by atoms with E-state index in [0.29, 0.717) is 41.4 Å². The topological polar surface area (TPSA) is 183 Å². The van der Waals surface area contributed by atoms with Crippen LogP contribution >= 0.6 is 0 Å². The van der Waals surface area contributed by atoms with Gasteiger partial charge in [-0.25, -0.2) is 0 Å². The van der Waals surface area contributed by atoms with Crippen LogP contribution in [0.25, 0.3) is 0 Å². The molecule has 8 rings (SSSR count). The maximum absolute atomic E-state index is 14.8. The van der Waals surface area contributed by atoms with E-state index < -0.39 is 22.7 Å². The molecule has 14 nitrogen and oxygen atoms in total. The van der Waals surface area contributed by atoms with Gasteiger partial charge in [0.05, 0.1) is 23.2 Å². The number of allylic oxidation sites excluding steroid dienone is 1. The van der Waals surface area contributed by atoms with Crippen LogP contribution in [0.1, 0.15) is 80.4 Å². The number of amides is 1. The molecule has 14 heteroatoms. The number of hydrogen-bond acceptors (Lipinski definition) is 12. The van der Waals surface area contributed by atoms with E-state index in [0.717, 1.165) is 55.2 Å². The summed E-state index contributed by atoms with van der Waals surface area (Å²) in [6.45, 7) is 4.65. The van der Waals surface area contributed by atoms with Crippen LogP contribution < -0.4 is 14.2 Å². The van der Waals surface area contributed by atoms with Gasteiger partial charge in [-0.3, -0.25) is 14.9 Å². The number of nitro benzene ring substituents is 1. The minimum absolute atomic E-state index is 0.00243. The summed E-state index contributed by atoms with van der Waals surface area (Å²) in [5.41, 5.74) is 3.83. The number of unbranched alkanes of at least 4 members (excludes halogenated alkanes) is 2. The zero-order valence-electron chi connectivity index (χ0n) is 33.7. The lowest BCUT2D eigenvalue weighted by molar-refractivity contribution is -0.384. The van der Waals surface area contributed by atoms with Crippen molar-refractivity contribution >= 4 is 17.3 Å². The number of oxime groups is 1. The van der Waals surface area contributed by atoms with Crippen molar-refractivity contribution < 1.29 is 48.8 Å². The van der Waals surface area contributed by atoms with Crippen LogP contribution in [0.2, 0.25) is 0 Å². The van der Waals surface area contributed by atoms with Crippen LogP contribution in [0, 0.1) is 33.8 Å². The lowest BCUT2D eigenvalue weighted by Gasteiger charge is -2.60. The van der Waals surface area contributed by atoms with Crippen LogP contribution in [0.5, 0.6) is 23.0 Å². The Labute approximate surface area is 349 Å². The molecular formula is C46H53N3O11. The molecule has 0 bridgehead atoms. The predicted molar refractivity (Wildman–Crippen MR) is 220 cm³/mol. The van der Waals surface area contributed by atoms with Crippen LogP contribution in [0.3, 0.4) is 0 Å². The van der Waals surface area contributed by atoms with E-state index in [1.165, 1.54) is 12.1 Å². The van der Waals surface area contributed by atoms with E-state index in [9.17, 15) is 30.2 Å².